The third kappa shape index (κ3) is 6.01. The van der Waals surface area contributed by atoms with Crippen LogP contribution >= 0.6 is 0 Å². The van der Waals surface area contributed by atoms with Crippen molar-refractivity contribution < 1.29 is 30.0 Å². The Hall–Kier alpha value is -3.68. The van der Waals surface area contributed by atoms with Gasteiger partial charge in [0.2, 0.25) is 0 Å². The zero-order valence-electron chi connectivity index (χ0n) is 22.1. The Labute approximate surface area is 218 Å². The van der Waals surface area contributed by atoms with E-state index < -0.39 is 17.9 Å². The van der Waals surface area contributed by atoms with Crippen LogP contribution in [-0.4, -0.2) is 58.4 Å². The molecule has 0 aliphatic heterocycles. The third-order valence-electron chi connectivity index (χ3n) is 7.06. The quantitative estimate of drug-likeness (QED) is 0.281. The molecule has 3 rings (SSSR count). The molecule has 0 heterocycles. The fraction of sp³-hybridized carbons (Fsp3) is 0.448. The van der Waals surface area contributed by atoms with Crippen molar-refractivity contribution in [3.8, 4) is 11.5 Å². The van der Waals surface area contributed by atoms with E-state index in [1.807, 2.05) is 24.3 Å². The lowest BCUT2D eigenvalue weighted by Gasteiger charge is -2.31. The van der Waals surface area contributed by atoms with Gasteiger partial charge in [-0.3, -0.25) is 9.59 Å². The van der Waals surface area contributed by atoms with Gasteiger partial charge < -0.3 is 30.2 Å². The number of carbonyl (C=O) groups excluding carboxylic acids is 1. The molecule has 2 aromatic rings. The maximum atomic E-state index is 13.1. The molecule has 1 aliphatic rings. The molecule has 0 bridgehead atoms. The van der Waals surface area contributed by atoms with Crippen LogP contribution in [0.15, 0.2) is 42.2 Å². The van der Waals surface area contributed by atoms with Gasteiger partial charge in [-0.2, -0.15) is 0 Å². The van der Waals surface area contributed by atoms with E-state index in [0.717, 1.165) is 44.5 Å². The van der Waals surface area contributed by atoms with Crippen LogP contribution < -0.4 is 9.80 Å². The van der Waals surface area contributed by atoms with Gasteiger partial charge in [0.25, 0.3) is 0 Å². The SMILES string of the molecule is CCCCN(CCCC)c1ccc(C2C(=O)C(c3c(O)cc(N(C)C(C)CC(=O)O)cc3O)=C2O)cc1. The molecule has 2 unspecified atom stereocenters. The van der Waals surface area contributed by atoms with E-state index in [2.05, 4.69) is 18.7 Å². The Bertz CT molecular complexity index is 1130. The summed E-state index contributed by atoms with van der Waals surface area (Å²) in [6, 6.07) is 9.93. The topological polar surface area (TPSA) is 122 Å². The van der Waals surface area contributed by atoms with Crippen LogP contribution in [0.4, 0.5) is 11.4 Å². The standard InChI is InChI=1S/C29H38N2O6/c1-5-7-13-31(14-8-6-2)20-11-9-19(10-12-20)25-28(36)27(29(25)37)26-22(32)16-21(17-23(26)33)30(4)18(3)15-24(34)35/h9-12,16-18,25,32-33,36H,5-8,13-15H2,1-4H3,(H,34,35). The molecule has 0 radical (unpaired) electrons. The van der Waals surface area contributed by atoms with E-state index in [1.165, 1.54) is 12.1 Å². The average molecular weight is 511 g/mol. The molecule has 0 spiro atoms. The maximum absolute atomic E-state index is 13.1. The van der Waals surface area contributed by atoms with Crippen LogP contribution in [0.5, 0.6) is 11.5 Å². The number of Topliss-reactive ketones (excluding diaryl/α,β-unsaturated/α-hetero) is 1. The first-order valence-corrected chi connectivity index (χ1v) is 12.9. The Kier molecular flexibility index (Phi) is 9.08. The molecule has 0 saturated carbocycles. The number of benzene rings is 2. The summed E-state index contributed by atoms with van der Waals surface area (Å²) < 4.78 is 0. The molecule has 37 heavy (non-hydrogen) atoms. The Morgan fingerprint density at radius 3 is 1.95 bits per heavy atom. The van der Waals surface area contributed by atoms with Crippen LogP contribution in [-0.2, 0) is 9.59 Å². The highest BCUT2D eigenvalue weighted by molar-refractivity contribution is 6.33. The molecule has 0 fully saturated rings. The number of aliphatic carboxylic acids is 1. The van der Waals surface area contributed by atoms with Crippen LogP contribution in [0.25, 0.3) is 5.57 Å². The predicted octanol–water partition coefficient (Wildman–Crippen LogP) is 5.44. The number of phenols is 2. The number of carboxylic acid groups (broad SMARTS) is 1. The summed E-state index contributed by atoms with van der Waals surface area (Å²) in [7, 11) is 1.65. The zero-order valence-corrected chi connectivity index (χ0v) is 22.1. The lowest BCUT2D eigenvalue weighted by molar-refractivity contribution is -0.137. The number of nitrogens with zero attached hydrogens (tertiary/aromatic N) is 2. The Morgan fingerprint density at radius 2 is 1.49 bits per heavy atom. The lowest BCUT2D eigenvalue weighted by Crippen LogP contribution is -2.31. The smallest absolute Gasteiger partial charge is 0.305 e. The molecule has 0 amide bonds. The summed E-state index contributed by atoms with van der Waals surface area (Å²) >= 11 is 0. The normalized spacial score (nSPS) is 15.9. The number of aliphatic hydroxyl groups is 1. The second-order valence-electron chi connectivity index (χ2n) is 9.76. The first-order valence-electron chi connectivity index (χ1n) is 12.9. The monoisotopic (exact) mass is 510 g/mol. The highest BCUT2D eigenvalue weighted by Crippen LogP contribution is 2.49. The van der Waals surface area contributed by atoms with Crippen LogP contribution in [0.1, 0.15) is 69.9 Å². The van der Waals surface area contributed by atoms with E-state index in [9.17, 15) is 24.9 Å². The van der Waals surface area contributed by atoms with E-state index in [1.54, 1.807) is 18.9 Å². The molecule has 8 heteroatoms. The van der Waals surface area contributed by atoms with E-state index >= 15 is 0 Å². The van der Waals surface area contributed by atoms with E-state index in [0.29, 0.717) is 11.3 Å². The first-order chi connectivity index (χ1) is 17.6. The van der Waals surface area contributed by atoms with E-state index in [4.69, 9.17) is 5.11 Å². The largest absolute Gasteiger partial charge is 0.510 e. The molecule has 4 N–H and O–H groups in total. The molecule has 0 aromatic heterocycles. The van der Waals surface area contributed by atoms with Gasteiger partial charge in [-0.05, 0) is 37.5 Å². The molecule has 0 saturated heterocycles. The van der Waals surface area contributed by atoms with Crippen molar-refractivity contribution in [1.29, 1.82) is 0 Å². The number of hydrogen-bond donors (Lipinski definition) is 4. The molecule has 2 aromatic carbocycles. The van der Waals surface area contributed by atoms with Gasteiger partial charge in [0.1, 0.15) is 23.2 Å². The fourth-order valence-corrected chi connectivity index (χ4v) is 4.67. The predicted molar refractivity (Wildman–Crippen MR) is 146 cm³/mol. The van der Waals surface area contributed by atoms with Crippen molar-refractivity contribution in [3.63, 3.8) is 0 Å². The number of allylic oxidation sites excluding steroid dienone is 2. The second-order valence-corrected chi connectivity index (χ2v) is 9.76. The van der Waals surface area contributed by atoms with Crippen LogP contribution in [0, 0.1) is 0 Å². The minimum atomic E-state index is -0.965. The number of carbonyl (C=O) groups is 2. The summed E-state index contributed by atoms with van der Waals surface area (Å²) in [5.74, 6) is -3.12. The van der Waals surface area contributed by atoms with E-state index in [-0.39, 0.29) is 40.6 Å². The van der Waals surface area contributed by atoms with Gasteiger partial charge in [-0.25, -0.2) is 0 Å². The summed E-state index contributed by atoms with van der Waals surface area (Å²) in [4.78, 5) is 28.1. The van der Waals surface area contributed by atoms with Crippen LogP contribution in [0.2, 0.25) is 0 Å². The number of phenolic OH excluding ortho intramolecular Hbond substituents is 2. The van der Waals surface area contributed by atoms with Crippen molar-refractivity contribution in [2.45, 2.75) is 64.8 Å². The molecule has 200 valence electrons. The summed E-state index contributed by atoms with van der Waals surface area (Å²) in [6.07, 6.45) is 4.28. The van der Waals surface area contributed by atoms with Crippen LogP contribution in [0.3, 0.4) is 0 Å². The molecule has 8 nitrogen and oxygen atoms in total. The number of anilines is 2. The molecule has 2 atom stereocenters. The summed E-state index contributed by atoms with van der Waals surface area (Å²) in [5.41, 5.74) is 1.89. The number of hydrogen-bond acceptors (Lipinski definition) is 7. The maximum Gasteiger partial charge on any atom is 0.305 e. The number of carboxylic acids is 1. The van der Waals surface area contributed by atoms with Crippen molar-refractivity contribution >= 4 is 28.7 Å². The molecular weight excluding hydrogens is 472 g/mol. The zero-order chi connectivity index (χ0) is 27.3. The molecular formula is C29H38N2O6. The lowest BCUT2D eigenvalue weighted by atomic mass is 9.74. The summed E-state index contributed by atoms with van der Waals surface area (Å²) in [6.45, 7) is 7.97. The van der Waals surface area contributed by atoms with Gasteiger partial charge in [0.05, 0.1) is 17.6 Å². The average Bonchev–Trinajstić information content (AvgIpc) is 2.86. The van der Waals surface area contributed by atoms with Gasteiger partial charge in [0.15, 0.2) is 5.78 Å². The number of ketones is 1. The highest BCUT2D eigenvalue weighted by Gasteiger charge is 2.43. The number of aliphatic hydroxyl groups excluding tert-OH is 1. The second kappa shape index (κ2) is 12.0. The van der Waals surface area contributed by atoms with Gasteiger partial charge in [0, 0.05) is 49.7 Å². The third-order valence-corrected chi connectivity index (χ3v) is 7.06. The summed E-state index contributed by atoms with van der Waals surface area (Å²) in [5, 5.41) is 41.1. The number of unbranched alkanes of at least 4 members (excludes halogenated alkanes) is 2. The fourth-order valence-electron chi connectivity index (χ4n) is 4.67. The van der Waals surface area contributed by atoms with Gasteiger partial charge in [-0.1, -0.05) is 38.8 Å². The minimum Gasteiger partial charge on any atom is -0.510 e. The van der Waals surface area contributed by atoms with Crippen molar-refractivity contribution in [3.05, 3.63) is 53.3 Å². The highest BCUT2D eigenvalue weighted by atomic mass is 16.4. The Balaban J connectivity index is 1.84. The Morgan fingerprint density at radius 1 is 0.946 bits per heavy atom. The first kappa shape index (κ1) is 27.9. The minimum absolute atomic E-state index is 0.107. The van der Waals surface area contributed by atoms with Gasteiger partial charge in [-0.15, -0.1) is 0 Å². The van der Waals surface area contributed by atoms with Gasteiger partial charge >= 0.3 is 5.97 Å². The number of aromatic hydroxyl groups is 2. The van der Waals surface area contributed by atoms with Crippen molar-refractivity contribution in [1.82, 2.24) is 0 Å². The molecule has 1 aliphatic carbocycles. The van der Waals surface area contributed by atoms with Crippen molar-refractivity contribution in [2.24, 2.45) is 0 Å². The number of rotatable bonds is 13. The van der Waals surface area contributed by atoms with Crippen molar-refractivity contribution in [2.75, 3.05) is 29.9 Å².